The van der Waals surface area contributed by atoms with E-state index in [-0.39, 0.29) is 11.2 Å². The Balaban J connectivity index is 1.49. The average Bonchev–Trinajstić information content (AvgIpc) is 3.08. The van der Waals surface area contributed by atoms with Crippen LogP contribution in [0.4, 0.5) is 0 Å². The Labute approximate surface area is 195 Å². The van der Waals surface area contributed by atoms with Gasteiger partial charge < -0.3 is 19.3 Å². The van der Waals surface area contributed by atoms with Crippen LogP contribution in [0.5, 0.6) is 23.0 Å². The van der Waals surface area contributed by atoms with Crippen molar-refractivity contribution in [2.75, 3.05) is 21.3 Å². The number of allylic oxidation sites excluding steroid dienone is 1. The molecule has 5 heteroatoms. The molecule has 0 aromatic heterocycles. The Morgan fingerprint density at radius 1 is 1.03 bits per heavy atom. The first-order valence-corrected chi connectivity index (χ1v) is 11.8. The predicted octanol–water partition coefficient (Wildman–Crippen LogP) is 5.54. The first-order valence-electron chi connectivity index (χ1n) is 11.8. The lowest BCUT2D eigenvalue weighted by Crippen LogP contribution is -2.42. The van der Waals surface area contributed by atoms with Crippen LogP contribution in [0.25, 0.3) is 6.08 Å². The van der Waals surface area contributed by atoms with Crippen LogP contribution < -0.4 is 14.2 Å². The molecule has 4 atom stereocenters. The summed E-state index contributed by atoms with van der Waals surface area (Å²) in [7, 11) is 4.79. The first-order chi connectivity index (χ1) is 15.9. The number of aromatic hydroxyl groups is 1. The number of ether oxygens (including phenoxy) is 3. The average molecular weight is 449 g/mol. The van der Waals surface area contributed by atoms with Gasteiger partial charge in [-0.1, -0.05) is 13.0 Å². The summed E-state index contributed by atoms with van der Waals surface area (Å²) in [6.45, 7) is 2.18. The zero-order chi connectivity index (χ0) is 23.3. The Morgan fingerprint density at radius 2 is 1.76 bits per heavy atom. The second kappa shape index (κ2) is 8.12. The molecule has 0 heterocycles. The smallest absolute Gasteiger partial charge is 0.203 e. The number of methoxy groups -OCH3 is 3. The first kappa shape index (κ1) is 21.9. The normalized spacial score (nSPS) is 29.3. The fourth-order valence-electron chi connectivity index (χ4n) is 6.75. The van der Waals surface area contributed by atoms with Crippen molar-refractivity contribution >= 4 is 11.9 Å². The predicted molar refractivity (Wildman–Crippen MR) is 127 cm³/mol. The van der Waals surface area contributed by atoms with Crippen LogP contribution in [0.15, 0.2) is 35.9 Å². The molecule has 33 heavy (non-hydrogen) atoms. The Morgan fingerprint density at radius 3 is 2.42 bits per heavy atom. The van der Waals surface area contributed by atoms with Crippen molar-refractivity contribution in [1.29, 1.82) is 0 Å². The quantitative estimate of drug-likeness (QED) is 0.623. The number of benzene rings is 2. The number of aryl methyl sites for hydroxylation is 1. The van der Waals surface area contributed by atoms with Crippen LogP contribution in [0.1, 0.15) is 55.2 Å². The van der Waals surface area contributed by atoms with Crippen molar-refractivity contribution in [3.63, 3.8) is 0 Å². The van der Waals surface area contributed by atoms with Gasteiger partial charge in [0.05, 0.1) is 21.3 Å². The van der Waals surface area contributed by atoms with Crippen molar-refractivity contribution in [1.82, 2.24) is 0 Å². The summed E-state index contributed by atoms with van der Waals surface area (Å²) >= 11 is 0. The second-order valence-corrected chi connectivity index (χ2v) is 9.92. The van der Waals surface area contributed by atoms with Crippen molar-refractivity contribution in [2.45, 2.75) is 44.9 Å². The molecule has 174 valence electrons. The molecule has 1 N–H and O–H groups in total. The van der Waals surface area contributed by atoms with Gasteiger partial charge in [-0.05, 0) is 102 Å². The topological polar surface area (TPSA) is 65.0 Å². The summed E-state index contributed by atoms with van der Waals surface area (Å²) in [5, 5.41) is 9.91. The molecular weight excluding hydrogens is 416 g/mol. The van der Waals surface area contributed by atoms with Crippen LogP contribution in [0.3, 0.4) is 0 Å². The molecule has 0 aliphatic heterocycles. The third-order valence-electron chi connectivity index (χ3n) is 8.38. The Bertz CT molecular complexity index is 1110. The van der Waals surface area contributed by atoms with E-state index in [0.717, 1.165) is 43.2 Å². The molecule has 5 nitrogen and oxygen atoms in total. The second-order valence-electron chi connectivity index (χ2n) is 9.92. The fraction of sp³-hybridized carbons (Fsp3) is 0.464. The maximum Gasteiger partial charge on any atom is 0.203 e. The highest BCUT2D eigenvalue weighted by Crippen LogP contribution is 2.61. The molecule has 0 saturated heterocycles. The van der Waals surface area contributed by atoms with E-state index in [9.17, 15) is 9.90 Å². The van der Waals surface area contributed by atoms with Gasteiger partial charge in [-0.3, -0.25) is 4.79 Å². The fourth-order valence-corrected chi connectivity index (χ4v) is 6.75. The van der Waals surface area contributed by atoms with Gasteiger partial charge in [-0.25, -0.2) is 0 Å². The lowest BCUT2D eigenvalue weighted by molar-refractivity contribution is -0.127. The lowest BCUT2D eigenvalue weighted by Gasteiger charge is -2.48. The van der Waals surface area contributed by atoms with Crippen LogP contribution in [0.2, 0.25) is 0 Å². The standard InChI is InChI=1S/C28H32O5/c1-28-10-9-21-20-8-6-19(29)14-17(20)5-7-22(21)23(28)15-18(27(28)30)11-16-12-24(31-2)26(33-4)25(13-16)32-3/h6,8,11-14,21-23,29H,5,7,9-10,15H2,1-4H3/b18-11+/t21-,22-,23+,28+/m1/s1. The molecular formula is C28H32O5. The number of fused-ring (bicyclic) bond motifs is 5. The molecule has 0 radical (unpaired) electrons. The van der Waals surface area contributed by atoms with E-state index in [2.05, 4.69) is 13.0 Å². The lowest BCUT2D eigenvalue weighted by atomic mass is 9.55. The molecule has 0 unspecified atom stereocenters. The summed E-state index contributed by atoms with van der Waals surface area (Å²) in [5.41, 5.74) is 4.13. The number of carbonyl (C=O) groups is 1. The number of carbonyl (C=O) groups excluding carboxylic acids is 1. The summed E-state index contributed by atoms with van der Waals surface area (Å²) < 4.78 is 16.4. The maximum absolute atomic E-state index is 13.7. The molecule has 2 saturated carbocycles. The molecule has 2 aromatic carbocycles. The monoisotopic (exact) mass is 448 g/mol. The molecule has 5 rings (SSSR count). The van der Waals surface area contributed by atoms with Gasteiger partial charge in [0.25, 0.3) is 0 Å². The Hall–Kier alpha value is -2.95. The van der Waals surface area contributed by atoms with Gasteiger partial charge >= 0.3 is 0 Å². The highest BCUT2D eigenvalue weighted by atomic mass is 16.5. The molecule has 3 aliphatic rings. The zero-order valence-electron chi connectivity index (χ0n) is 19.8. The maximum atomic E-state index is 13.7. The summed E-state index contributed by atoms with van der Waals surface area (Å²) in [5.74, 6) is 3.68. The highest BCUT2D eigenvalue weighted by Gasteiger charge is 2.56. The summed E-state index contributed by atoms with van der Waals surface area (Å²) in [4.78, 5) is 13.7. The van der Waals surface area contributed by atoms with Crippen LogP contribution in [-0.4, -0.2) is 32.2 Å². The van der Waals surface area contributed by atoms with Crippen LogP contribution in [-0.2, 0) is 11.2 Å². The zero-order valence-corrected chi connectivity index (χ0v) is 19.8. The minimum Gasteiger partial charge on any atom is -0.508 e. The molecule has 0 amide bonds. The number of Topliss-reactive ketones (excluding diaryl/α,β-unsaturated/α-hetero) is 1. The number of phenols is 1. The van der Waals surface area contributed by atoms with E-state index >= 15 is 0 Å². The van der Waals surface area contributed by atoms with Crippen molar-refractivity contribution in [2.24, 2.45) is 17.3 Å². The van der Waals surface area contributed by atoms with Gasteiger partial charge in [0.15, 0.2) is 17.3 Å². The molecule has 2 fully saturated rings. The van der Waals surface area contributed by atoms with E-state index in [4.69, 9.17) is 14.2 Å². The van der Waals surface area contributed by atoms with Crippen molar-refractivity contribution in [3.05, 3.63) is 52.6 Å². The van der Waals surface area contributed by atoms with E-state index in [1.807, 2.05) is 30.3 Å². The molecule has 0 spiro atoms. The molecule has 2 aromatic rings. The highest BCUT2D eigenvalue weighted by molar-refractivity contribution is 6.06. The van der Waals surface area contributed by atoms with Gasteiger partial charge in [0.2, 0.25) is 5.75 Å². The summed E-state index contributed by atoms with van der Waals surface area (Å²) in [6.07, 6.45) is 6.80. The van der Waals surface area contributed by atoms with Crippen LogP contribution >= 0.6 is 0 Å². The number of rotatable bonds is 4. The minimum atomic E-state index is -0.304. The number of phenolic OH excluding ortho intramolecular Hbond substituents is 1. The van der Waals surface area contributed by atoms with Crippen molar-refractivity contribution < 1.29 is 24.1 Å². The number of hydrogen-bond donors (Lipinski definition) is 1. The van der Waals surface area contributed by atoms with Crippen molar-refractivity contribution in [3.8, 4) is 23.0 Å². The van der Waals surface area contributed by atoms with E-state index in [0.29, 0.717) is 40.8 Å². The third-order valence-corrected chi connectivity index (χ3v) is 8.38. The van der Waals surface area contributed by atoms with Gasteiger partial charge in [-0.2, -0.15) is 0 Å². The largest absolute Gasteiger partial charge is 0.508 e. The molecule has 0 bridgehead atoms. The van der Waals surface area contributed by atoms with Gasteiger partial charge in [0.1, 0.15) is 5.75 Å². The SMILES string of the molecule is COc1cc(/C=C2\C[C@H]3[C@@H]4CCc5cc(O)ccc5[C@H]4CC[C@]3(C)C2=O)cc(OC)c1OC. The summed E-state index contributed by atoms with van der Waals surface area (Å²) in [6, 6.07) is 9.64. The third kappa shape index (κ3) is 3.40. The Kier molecular flexibility index (Phi) is 5.38. The molecule has 3 aliphatic carbocycles. The van der Waals surface area contributed by atoms with Gasteiger partial charge in [0, 0.05) is 5.41 Å². The van der Waals surface area contributed by atoms with E-state index in [1.54, 1.807) is 21.3 Å². The van der Waals surface area contributed by atoms with Crippen LogP contribution in [0, 0.1) is 17.3 Å². The van der Waals surface area contributed by atoms with Gasteiger partial charge in [-0.15, -0.1) is 0 Å². The number of hydrogen-bond acceptors (Lipinski definition) is 5. The van der Waals surface area contributed by atoms with E-state index in [1.165, 1.54) is 11.1 Å². The van der Waals surface area contributed by atoms with E-state index < -0.39 is 0 Å². The number of ketones is 1. The minimum absolute atomic E-state index is 0.288.